The second-order valence-electron chi connectivity index (χ2n) is 4.79. The van der Waals surface area contributed by atoms with E-state index in [4.69, 9.17) is 4.74 Å². The topological polar surface area (TPSA) is 60.3 Å². The van der Waals surface area contributed by atoms with Crippen LogP contribution >= 0.6 is 0 Å². The molecular formula is C16H18N2O3. The minimum Gasteiger partial charge on any atom is -0.465 e. The van der Waals surface area contributed by atoms with Gasteiger partial charge in [0.2, 0.25) is 5.91 Å². The molecule has 110 valence electrons. The van der Waals surface area contributed by atoms with Gasteiger partial charge in [0.05, 0.1) is 18.4 Å². The molecule has 0 unspecified atom stereocenters. The summed E-state index contributed by atoms with van der Waals surface area (Å²) in [7, 11) is 1.31. The third-order valence-electron chi connectivity index (χ3n) is 3.33. The Bertz CT molecular complexity index is 654. The summed E-state index contributed by atoms with van der Waals surface area (Å²) in [5, 5.41) is 2.76. The van der Waals surface area contributed by atoms with E-state index in [9.17, 15) is 9.59 Å². The minimum atomic E-state index is -0.473. The Labute approximate surface area is 123 Å². The van der Waals surface area contributed by atoms with Gasteiger partial charge in [-0.05, 0) is 38.1 Å². The van der Waals surface area contributed by atoms with Gasteiger partial charge in [-0.2, -0.15) is 0 Å². The number of methoxy groups -OCH3 is 1. The summed E-state index contributed by atoms with van der Waals surface area (Å²) in [6, 6.07) is 10.7. The number of aryl methyl sites for hydroxylation is 2. The second kappa shape index (κ2) is 6.26. The monoisotopic (exact) mass is 286 g/mol. The van der Waals surface area contributed by atoms with Gasteiger partial charge in [0, 0.05) is 11.4 Å². The highest BCUT2D eigenvalue weighted by Crippen LogP contribution is 2.16. The largest absolute Gasteiger partial charge is 0.465 e. The Morgan fingerprint density at radius 1 is 1.10 bits per heavy atom. The zero-order valence-electron chi connectivity index (χ0n) is 12.3. The molecule has 0 aliphatic carbocycles. The number of amides is 1. The van der Waals surface area contributed by atoms with E-state index in [1.165, 1.54) is 7.11 Å². The van der Waals surface area contributed by atoms with Gasteiger partial charge < -0.3 is 14.6 Å². The normalized spacial score (nSPS) is 10.2. The van der Waals surface area contributed by atoms with Crippen molar-refractivity contribution in [2.24, 2.45) is 0 Å². The van der Waals surface area contributed by atoms with Gasteiger partial charge in [-0.15, -0.1) is 0 Å². The number of hydrogen-bond acceptors (Lipinski definition) is 3. The Morgan fingerprint density at radius 2 is 1.71 bits per heavy atom. The van der Waals surface area contributed by atoms with Crippen molar-refractivity contribution < 1.29 is 14.3 Å². The van der Waals surface area contributed by atoms with Crippen molar-refractivity contribution in [3.8, 4) is 0 Å². The number of carbonyl (C=O) groups excluding carboxylic acids is 2. The first kappa shape index (κ1) is 14.8. The molecule has 1 heterocycles. The second-order valence-corrected chi connectivity index (χ2v) is 4.79. The van der Waals surface area contributed by atoms with Crippen LogP contribution < -0.4 is 5.32 Å². The lowest BCUT2D eigenvalue weighted by Crippen LogP contribution is -2.21. The summed E-state index contributed by atoms with van der Waals surface area (Å²) >= 11 is 0. The lowest BCUT2D eigenvalue weighted by atomic mass is 10.2. The Morgan fingerprint density at radius 3 is 2.33 bits per heavy atom. The molecule has 0 saturated heterocycles. The average Bonchev–Trinajstić information content (AvgIpc) is 2.79. The number of esters is 1. The van der Waals surface area contributed by atoms with Crippen LogP contribution in [0.5, 0.6) is 0 Å². The maximum Gasteiger partial charge on any atom is 0.339 e. The molecule has 1 amide bonds. The van der Waals surface area contributed by atoms with Gasteiger partial charge in [-0.25, -0.2) is 4.79 Å². The number of ether oxygens (including phenoxy) is 1. The van der Waals surface area contributed by atoms with Crippen molar-refractivity contribution in [3.05, 3.63) is 53.3 Å². The number of benzene rings is 1. The third-order valence-corrected chi connectivity index (χ3v) is 3.33. The fourth-order valence-corrected chi connectivity index (χ4v) is 2.16. The average molecular weight is 286 g/mol. The van der Waals surface area contributed by atoms with Gasteiger partial charge >= 0.3 is 5.97 Å². The van der Waals surface area contributed by atoms with Crippen LogP contribution in [0.25, 0.3) is 0 Å². The molecule has 0 aliphatic heterocycles. The SMILES string of the molecule is COC(=O)c1ccccc1NC(=O)Cn1c(C)ccc1C. The molecule has 5 nitrogen and oxygen atoms in total. The van der Waals surface area contributed by atoms with Crippen molar-refractivity contribution in [2.45, 2.75) is 20.4 Å². The van der Waals surface area contributed by atoms with Crippen LogP contribution in [-0.4, -0.2) is 23.6 Å². The maximum absolute atomic E-state index is 12.2. The molecule has 21 heavy (non-hydrogen) atoms. The number of nitrogens with zero attached hydrogens (tertiary/aromatic N) is 1. The lowest BCUT2D eigenvalue weighted by molar-refractivity contribution is -0.116. The van der Waals surface area contributed by atoms with Crippen LogP contribution in [-0.2, 0) is 16.1 Å². The molecule has 1 aromatic carbocycles. The number of para-hydroxylation sites is 1. The number of anilines is 1. The van der Waals surface area contributed by atoms with E-state index in [1.54, 1.807) is 24.3 Å². The molecule has 0 aliphatic rings. The molecule has 5 heteroatoms. The van der Waals surface area contributed by atoms with Crippen LogP contribution in [0, 0.1) is 13.8 Å². The molecule has 1 N–H and O–H groups in total. The lowest BCUT2D eigenvalue weighted by Gasteiger charge is -2.12. The highest BCUT2D eigenvalue weighted by molar-refractivity contribution is 6.01. The van der Waals surface area contributed by atoms with E-state index in [1.807, 2.05) is 30.5 Å². The molecule has 2 rings (SSSR count). The van der Waals surface area contributed by atoms with E-state index in [-0.39, 0.29) is 12.5 Å². The van der Waals surface area contributed by atoms with Crippen molar-refractivity contribution >= 4 is 17.6 Å². The highest BCUT2D eigenvalue weighted by Gasteiger charge is 2.14. The summed E-state index contributed by atoms with van der Waals surface area (Å²) in [4.78, 5) is 23.8. The number of rotatable bonds is 4. The Balaban J connectivity index is 2.15. The molecule has 1 aromatic heterocycles. The Hall–Kier alpha value is -2.56. The fraction of sp³-hybridized carbons (Fsp3) is 0.250. The molecule has 0 fully saturated rings. The zero-order chi connectivity index (χ0) is 15.4. The molecule has 0 saturated carbocycles. The smallest absolute Gasteiger partial charge is 0.339 e. The first-order valence-electron chi connectivity index (χ1n) is 6.63. The molecular weight excluding hydrogens is 268 g/mol. The van der Waals surface area contributed by atoms with Crippen molar-refractivity contribution in [3.63, 3.8) is 0 Å². The Kier molecular flexibility index (Phi) is 4.42. The summed E-state index contributed by atoms with van der Waals surface area (Å²) < 4.78 is 6.62. The van der Waals surface area contributed by atoms with Gasteiger partial charge in [0.15, 0.2) is 0 Å². The number of aromatic nitrogens is 1. The number of hydrogen-bond donors (Lipinski definition) is 1. The first-order chi connectivity index (χ1) is 10.0. The maximum atomic E-state index is 12.2. The highest BCUT2D eigenvalue weighted by atomic mass is 16.5. The van der Waals surface area contributed by atoms with Gasteiger partial charge in [0.1, 0.15) is 6.54 Å². The zero-order valence-corrected chi connectivity index (χ0v) is 12.3. The van der Waals surface area contributed by atoms with E-state index in [2.05, 4.69) is 5.32 Å². The van der Waals surface area contributed by atoms with Crippen LogP contribution in [0.2, 0.25) is 0 Å². The van der Waals surface area contributed by atoms with Gasteiger partial charge in [-0.3, -0.25) is 4.79 Å². The molecule has 0 spiro atoms. The van der Waals surface area contributed by atoms with Gasteiger partial charge in [-0.1, -0.05) is 12.1 Å². The van der Waals surface area contributed by atoms with E-state index in [0.29, 0.717) is 11.3 Å². The van der Waals surface area contributed by atoms with Gasteiger partial charge in [0.25, 0.3) is 0 Å². The van der Waals surface area contributed by atoms with Crippen LogP contribution in [0.4, 0.5) is 5.69 Å². The fourth-order valence-electron chi connectivity index (χ4n) is 2.16. The molecule has 0 bridgehead atoms. The summed E-state index contributed by atoms with van der Waals surface area (Å²) in [5.41, 5.74) is 2.83. The predicted octanol–water partition coefficient (Wildman–Crippen LogP) is 2.53. The summed E-state index contributed by atoms with van der Waals surface area (Å²) in [6.45, 7) is 4.10. The van der Waals surface area contributed by atoms with Crippen molar-refractivity contribution in [2.75, 3.05) is 12.4 Å². The van der Waals surface area contributed by atoms with Crippen molar-refractivity contribution in [1.29, 1.82) is 0 Å². The number of carbonyl (C=O) groups is 2. The molecule has 2 aromatic rings. The van der Waals surface area contributed by atoms with E-state index >= 15 is 0 Å². The van der Waals surface area contributed by atoms with E-state index < -0.39 is 5.97 Å². The molecule has 0 atom stereocenters. The van der Waals surface area contributed by atoms with Crippen LogP contribution in [0.1, 0.15) is 21.7 Å². The first-order valence-corrected chi connectivity index (χ1v) is 6.63. The van der Waals surface area contributed by atoms with Crippen molar-refractivity contribution in [1.82, 2.24) is 4.57 Å². The standard InChI is InChI=1S/C16H18N2O3/c1-11-8-9-12(2)18(11)10-15(19)17-14-7-5-4-6-13(14)16(20)21-3/h4-9H,10H2,1-3H3,(H,17,19). The quantitative estimate of drug-likeness (QED) is 0.879. The number of nitrogens with one attached hydrogen (secondary N) is 1. The van der Waals surface area contributed by atoms with E-state index in [0.717, 1.165) is 11.4 Å². The van der Waals surface area contributed by atoms with Crippen LogP contribution in [0.3, 0.4) is 0 Å². The predicted molar refractivity (Wildman–Crippen MR) is 80.3 cm³/mol. The summed E-state index contributed by atoms with van der Waals surface area (Å²) in [5.74, 6) is -0.659. The summed E-state index contributed by atoms with van der Waals surface area (Å²) in [6.07, 6.45) is 0. The van der Waals surface area contributed by atoms with Crippen LogP contribution in [0.15, 0.2) is 36.4 Å². The third kappa shape index (κ3) is 3.31. The minimum absolute atomic E-state index is 0.186. The molecule has 0 radical (unpaired) electrons.